The van der Waals surface area contributed by atoms with Gasteiger partial charge in [-0.15, -0.1) is 0 Å². The number of benzene rings is 2. The Kier molecular flexibility index (Phi) is 7.30. The highest BCUT2D eigenvalue weighted by Gasteiger charge is 2.59. The number of hydrogen-bond acceptors (Lipinski definition) is 10. The first-order valence-electron chi connectivity index (χ1n) is 12.5. The summed E-state index contributed by atoms with van der Waals surface area (Å²) in [6.45, 7) is 5.20. The van der Waals surface area contributed by atoms with Gasteiger partial charge in [-0.3, -0.25) is 33.9 Å². The van der Waals surface area contributed by atoms with E-state index in [-0.39, 0.29) is 24.5 Å². The van der Waals surface area contributed by atoms with Gasteiger partial charge >= 0.3 is 10.8 Å². The van der Waals surface area contributed by atoms with E-state index in [0.717, 1.165) is 28.0 Å². The van der Waals surface area contributed by atoms with Crippen LogP contribution in [0.2, 0.25) is 0 Å². The summed E-state index contributed by atoms with van der Waals surface area (Å²) >= 11 is 2.01. The quantitative estimate of drug-likeness (QED) is 0.186. The maximum Gasteiger partial charge on any atom is 0.338 e. The topological polar surface area (TPSA) is 158 Å². The van der Waals surface area contributed by atoms with Gasteiger partial charge in [-0.25, -0.2) is 9.69 Å². The number of esters is 1. The van der Waals surface area contributed by atoms with Crippen molar-refractivity contribution in [3.05, 3.63) is 78.8 Å². The highest BCUT2D eigenvalue weighted by molar-refractivity contribution is 8.00. The lowest BCUT2D eigenvalue weighted by molar-refractivity contribution is -0.384. The number of amides is 3. The van der Waals surface area contributed by atoms with Crippen LogP contribution in [0.4, 0.5) is 17.1 Å². The standard InChI is InChI=1S/C27H24N4O8S2/c1-4-39-25(35)14-5-7-15(8-6-14)28-18(32)13-29-24-21(41-26(29)36)27(2,3)19-20(40-24)23(34)30(22(19)33)16-9-11-17(12-10-16)31(37)38/h5-12,19-20H,4,13H2,1-3H3,(H,28,32)/t19-,20+/m1/s1. The minimum Gasteiger partial charge on any atom is -0.462 e. The molecule has 3 heterocycles. The number of carbonyl (C=O) groups excluding carboxylic acids is 4. The molecule has 1 aromatic heterocycles. The molecule has 212 valence electrons. The monoisotopic (exact) mass is 596 g/mol. The number of aromatic nitrogens is 1. The van der Waals surface area contributed by atoms with Crippen molar-refractivity contribution in [2.45, 2.75) is 43.0 Å². The van der Waals surface area contributed by atoms with Crippen molar-refractivity contribution in [1.29, 1.82) is 0 Å². The van der Waals surface area contributed by atoms with Gasteiger partial charge in [0.1, 0.15) is 11.8 Å². The molecule has 0 spiro atoms. The molecule has 1 fully saturated rings. The molecule has 3 amide bonds. The first kappa shape index (κ1) is 28.2. The Morgan fingerprint density at radius 3 is 2.32 bits per heavy atom. The van der Waals surface area contributed by atoms with E-state index in [4.69, 9.17) is 4.74 Å². The number of anilines is 2. The number of fused-ring (bicyclic) bond motifs is 2. The Labute approximate surface area is 241 Å². The zero-order valence-electron chi connectivity index (χ0n) is 22.1. The summed E-state index contributed by atoms with van der Waals surface area (Å²) in [4.78, 5) is 76.6. The van der Waals surface area contributed by atoms with Gasteiger partial charge in [0.2, 0.25) is 17.7 Å². The summed E-state index contributed by atoms with van der Waals surface area (Å²) in [6.07, 6.45) is 0. The van der Waals surface area contributed by atoms with Crippen LogP contribution in [-0.2, 0) is 31.1 Å². The highest BCUT2D eigenvalue weighted by atomic mass is 32.2. The van der Waals surface area contributed by atoms with E-state index in [2.05, 4.69) is 5.32 Å². The molecule has 2 atom stereocenters. The zero-order chi connectivity index (χ0) is 29.6. The van der Waals surface area contributed by atoms with Gasteiger partial charge in [0.15, 0.2) is 0 Å². The minimum atomic E-state index is -0.901. The van der Waals surface area contributed by atoms with E-state index < -0.39 is 50.1 Å². The first-order valence-corrected chi connectivity index (χ1v) is 14.2. The van der Waals surface area contributed by atoms with Crippen molar-refractivity contribution < 1.29 is 28.8 Å². The molecule has 2 aromatic carbocycles. The van der Waals surface area contributed by atoms with Crippen LogP contribution < -0.4 is 15.1 Å². The highest BCUT2D eigenvalue weighted by Crippen LogP contribution is 2.54. The van der Waals surface area contributed by atoms with Crippen LogP contribution in [0.15, 0.2) is 58.4 Å². The number of nitrogens with zero attached hydrogens (tertiary/aromatic N) is 3. The van der Waals surface area contributed by atoms with Gasteiger partial charge in [-0.2, -0.15) is 0 Å². The Morgan fingerprint density at radius 2 is 1.71 bits per heavy atom. The van der Waals surface area contributed by atoms with Crippen molar-refractivity contribution in [2.24, 2.45) is 5.92 Å². The number of hydrogen-bond donors (Lipinski definition) is 1. The maximum atomic E-state index is 13.6. The Bertz CT molecular complexity index is 1640. The molecular formula is C27H24N4O8S2. The van der Waals surface area contributed by atoms with Gasteiger partial charge in [0, 0.05) is 28.1 Å². The fraction of sp³-hybridized carbons (Fsp3) is 0.296. The van der Waals surface area contributed by atoms with Gasteiger partial charge in [-0.05, 0) is 43.3 Å². The number of nitro groups is 1. The molecule has 2 aliphatic heterocycles. The lowest BCUT2D eigenvalue weighted by atomic mass is 9.76. The van der Waals surface area contributed by atoms with Gasteiger partial charge in [-0.1, -0.05) is 36.9 Å². The maximum absolute atomic E-state index is 13.6. The lowest BCUT2D eigenvalue weighted by Crippen LogP contribution is -2.41. The SMILES string of the molecule is CCOC(=O)c1ccc(NC(=O)Cn2c3c(sc2=O)C(C)(C)[C@H]2C(=O)N(c4ccc([N+](=O)[O-])cc4)C(=O)[C@H]2S3)cc1. The molecule has 0 bridgehead atoms. The normalized spacial score (nSPS) is 19.0. The second-order valence-corrected chi connectivity index (χ2v) is 12.0. The van der Waals surface area contributed by atoms with E-state index in [1.165, 1.54) is 41.0 Å². The second kappa shape index (κ2) is 10.6. The lowest BCUT2D eigenvalue weighted by Gasteiger charge is -2.36. The van der Waals surface area contributed by atoms with Crippen LogP contribution in [0.25, 0.3) is 0 Å². The Hall–Kier alpha value is -4.30. The second-order valence-electron chi connectivity index (χ2n) is 9.96. The van der Waals surface area contributed by atoms with Crippen molar-refractivity contribution in [1.82, 2.24) is 4.57 Å². The zero-order valence-corrected chi connectivity index (χ0v) is 23.7. The van der Waals surface area contributed by atoms with E-state index in [1.807, 2.05) is 0 Å². The summed E-state index contributed by atoms with van der Waals surface area (Å²) < 4.78 is 6.26. The minimum absolute atomic E-state index is 0.167. The van der Waals surface area contributed by atoms with Gasteiger partial charge in [0.05, 0.1) is 33.7 Å². The summed E-state index contributed by atoms with van der Waals surface area (Å²) in [5.41, 5.74) is -0.0877. The molecule has 3 aromatic rings. The number of thioether (sulfide) groups is 1. The number of carbonyl (C=O) groups is 4. The van der Waals surface area contributed by atoms with Crippen molar-refractivity contribution >= 4 is 63.9 Å². The third-order valence-electron chi connectivity index (χ3n) is 7.00. The summed E-state index contributed by atoms with van der Waals surface area (Å²) in [6, 6.07) is 11.3. The Morgan fingerprint density at radius 1 is 1.05 bits per heavy atom. The number of ether oxygens (including phenoxy) is 1. The van der Waals surface area contributed by atoms with Crippen LogP contribution in [-0.4, -0.2) is 45.0 Å². The summed E-state index contributed by atoms with van der Waals surface area (Å²) in [5, 5.41) is 13.3. The van der Waals surface area contributed by atoms with Crippen LogP contribution >= 0.6 is 23.1 Å². The smallest absolute Gasteiger partial charge is 0.338 e. The van der Waals surface area contributed by atoms with Gasteiger partial charge < -0.3 is 10.1 Å². The predicted octanol–water partition coefficient (Wildman–Crippen LogP) is 3.57. The Balaban J connectivity index is 1.38. The van der Waals surface area contributed by atoms with Crippen LogP contribution in [0.1, 0.15) is 36.0 Å². The number of nitro benzene ring substituents is 1. The molecule has 12 nitrogen and oxygen atoms in total. The number of non-ortho nitro benzene ring substituents is 1. The molecule has 2 aliphatic rings. The van der Waals surface area contributed by atoms with Crippen LogP contribution in [0.3, 0.4) is 0 Å². The van der Waals surface area contributed by atoms with Gasteiger partial charge in [0.25, 0.3) is 5.69 Å². The number of imide groups is 1. The van der Waals surface area contributed by atoms with Crippen molar-refractivity contribution in [2.75, 3.05) is 16.8 Å². The van der Waals surface area contributed by atoms with Crippen LogP contribution in [0.5, 0.6) is 0 Å². The first-order chi connectivity index (χ1) is 19.4. The number of rotatable bonds is 7. The predicted molar refractivity (Wildman–Crippen MR) is 151 cm³/mol. The molecule has 14 heteroatoms. The number of nitrogens with one attached hydrogen (secondary N) is 1. The molecule has 0 radical (unpaired) electrons. The molecule has 41 heavy (non-hydrogen) atoms. The summed E-state index contributed by atoms with van der Waals surface area (Å²) in [7, 11) is 0. The van der Waals surface area contributed by atoms with E-state index >= 15 is 0 Å². The number of thiazole rings is 1. The molecule has 0 unspecified atom stereocenters. The molecule has 0 aliphatic carbocycles. The fourth-order valence-corrected chi connectivity index (χ4v) is 8.03. The van der Waals surface area contributed by atoms with Crippen molar-refractivity contribution in [3.8, 4) is 0 Å². The largest absolute Gasteiger partial charge is 0.462 e. The van der Waals surface area contributed by atoms with E-state index in [9.17, 15) is 34.1 Å². The third kappa shape index (κ3) is 4.93. The molecule has 0 saturated carbocycles. The summed E-state index contributed by atoms with van der Waals surface area (Å²) in [5.74, 6) is -2.69. The fourth-order valence-electron chi connectivity index (χ4n) is 4.99. The van der Waals surface area contributed by atoms with Crippen LogP contribution in [0, 0.1) is 16.0 Å². The third-order valence-corrected chi connectivity index (χ3v) is 9.83. The average molecular weight is 597 g/mol. The molecule has 1 saturated heterocycles. The molecule has 5 rings (SSSR count). The van der Waals surface area contributed by atoms with E-state index in [1.54, 1.807) is 32.9 Å². The van der Waals surface area contributed by atoms with Crippen molar-refractivity contribution in [3.63, 3.8) is 0 Å². The average Bonchev–Trinajstić information content (AvgIpc) is 3.38. The molecule has 1 N–H and O–H groups in total. The molecular weight excluding hydrogens is 572 g/mol. The van der Waals surface area contributed by atoms with E-state index in [0.29, 0.717) is 21.2 Å².